The molecule has 1 aromatic rings. The lowest BCUT2D eigenvalue weighted by molar-refractivity contribution is 0.271. The number of aryl methyl sites for hydroxylation is 1. The summed E-state index contributed by atoms with van der Waals surface area (Å²) in [6, 6.07) is 8.23. The molecule has 20 heavy (non-hydrogen) atoms. The zero-order chi connectivity index (χ0) is 14.6. The second-order valence-corrected chi connectivity index (χ2v) is 7.28. The molecule has 5 heteroatoms. The number of hydrogen-bond donors (Lipinski definition) is 1. The minimum atomic E-state index is -3.15. The van der Waals surface area contributed by atoms with E-state index in [-0.39, 0.29) is 11.8 Å². The Morgan fingerprint density at radius 3 is 2.55 bits per heavy atom. The number of sulfonamides is 1. The summed E-state index contributed by atoms with van der Waals surface area (Å²) in [6.07, 6.45) is 1.66. The Bertz CT molecular complexity index is 525. The van der Waals surface area contributed by atoms with Crippen molar-refractivity contribution in [2.24, 2.45) is 0 Å². The topological polar surface area (TPSA) is 49.4 Å². The number of nitrogens with zero attached hydrogens (tertiary/aromatic N) is 1. The lowest BCUT2D eigenvalue weighted by atomic mass is 10.0. The summed E-state index contributed by atoms with van der Waals surface area (Å²) in [5, 5.41) is 3.30. The number of piperazine rings is 1. The minimum Gasteiger partial charge on any atom is -0.313 e. The monoisotopic (exact) mass is 296 g/mol. The molecule has 1 atom stereocenters. The average molecular weight is 296 g/mol. The number of hydrogen-bond acceptors (Lipinski definition) is 3. The van der Waals surface area contributed by atoms with E-state index in [4.69, 9.17) is 0 Å². The van der Waals surface area contributed by atoms with Crippen molar-refractivity contribution in [3.05, 3.63) is 35.4 Å². The van der Waals surface area contributed by atoms with Crippen LogP contribution in [0.2, 0.25) is 0 Å². The van der Waals surface area contributed by atoms with Crippen molar-refractivity contribution in [3.8, 4) is 0 Å². The SMILES string of the molecule is CCCS(=O)(=O)N1CCNCC1c1ccc(CC)cc1. The van der Waals surface area contributed by atoms with E-state index in [0.717, 1.165) is 18.5 Å². The van der Waals surface area contributed by atoms with Gasteiger partial charge in [0.05, 0.1) is 11.8 Å². The maximum Gasteiger partial charge on any atom is 0.214 e. The van der Waals surface area contributed by atoms with Crippen LogP contribution in [0.3, 0.4) is 0 Å². The van der Waals surface area contributed by atoms with Crippen molar-refractivity contribution in [2.45, 2.75) is 32.7 Å². The van der Waals surface area contributed by atoms with Crippen LogP contribution in [0.1, 0.15) is 37.4 Å². The quantitative estimate of drug-likeness (QED) is 0.903. The third-order valence-electron chi connectivity index (χ3n) is 3.79. The fourth-order valence-electron chi connectivity index (χ4n) is 2.65. The molecule has 0 spiro atoms. The normalized spacial score (nSPS) is 21.0. The molecule has 1 aliphatic rings. The molecule has 0 amide bonds. The lowest BCUT2D eigenvalue weighted by Crippen LogP contribution is -2.49. The van der Waals surface area contributed by atoms with E-state index in [1.54, 1.807) is 4.31 Å². The molecule has 0 bridgehead atoms. The van der Waals surface area contributed by atoms with Crippen molar-refractivity contribution in [3.63, 3.8) is 0 Å². The Balaban J connectivity index is 2.26. The standard InChI is InChI=1S/C15H24N2O2S/c1-3-11-20(18,19)17-10-9-16-12-15(17)14-7-5-13(4-2)6-8-14/h5-8,15-16H,3-4,9-12H2,1-2H3. The molecule has 0 saturated carbocycles. The Morgan fingerprint density at radius 1 is 1.25 bits per heavy atom. The summed E-state index contributed by atoms with van der Waals surface area (Å²) in [6.45, 7) is 6.00. The molecule has 1 aromatic carbocycles. The molecule has 0 radical (unpaired) electrons. The van der Waals surface area contributed by atoms with Crippen molar-refractivity contribution in [2.75, 3.05) is 25.4 Å². The van der Waals surface area contributed by atoms with Gasteiger partial charge in [-0.05, 0) is 24.0 Å². The van der Waals surface area contributed by atoms with Crippen molar-refractivity contribution in [1.82, 2.24) is 9.62 Å². The minimum absolute atomic E-state index is 0.0776. The Morgan fingerprint density at radius 2 is 1.95 bits per heavy atom. The van der Waals surface area contributed by atoms with Gasteiger partial charge in [-0.1, -0.05) is 38.1 Å². The molecular weight excluding hydrogens is 272 g/mol. The molecule has 112 valence electrons. The van der Waals surface area contributed by atoms with Crippen LogP contribution in [0.4, 0.5) is 0 Å². The first kappa shape index (κ1) is 15.5. The Hall–Kier alpha value is -0.910. The zero-order valence-electron chi connectivity index (χ0n) is 12.3. The van der Waals surface area contributed by atoms with Crippen molar-refractivity contribution >= 4 is 10.0 Å². The fraction of sp³-hybridized carbons (Fsp3) is 0.600. The van der Waals surface area contributed by atoms with Crippen molar-refractivity contribution in [1.29, 1.82) is 0 Å². The Kier molecular flexibility index (Phi) is 5.18. The van der Waals surface area contributed by atoms with E-state index >= 15 is 0 Å². The van der Waals surface area contributed by atoms with E-state index in [1.807, 2.05) is 6.92 Å². The summed E-state index contributed by atoms with van der Waals surface area (Å²) in [5.74, 6) is 0.233. The van der Waals surface area contributed by atoms with E-state index in [0.29, 0.717) is 19.5 Å². The van der Waals surface area contributed by atoms with Crippen LogP contribution in [0, 0.1) is 0 Å². The molecule has 1 N–H and O–H groups in total. The first-order valence-corrected chi connectivity index (χ1v) is 8.98. The fourth-order valence-corrected chi connectivity index (χ4v) is 4.36. The van der Waals surface area contributed by atoms with Gasteiger partial charge in [0.25, 0.3) is 0 Å². The number of rotatable bonds is 5. The van der Waals surface area contributed by atoms with Crippen LogP contribution in [0.25, 0.3) is 0 Å². The molecule has 0 aliphatic carbocycles. The highest BCUT2D eigenvalue weighted by molar-refractivity contribution is 7.89. The van der Waals surface area contributed by atoms with Crippen LogP contribution >= 0.6 is 0 Å². The van der Waals surface area contributed by atoms with Gasteiger partial charge in [0.15, 0.2) is 0 Å². The smallest absolute Gasteiger partial charge is 0.214 e. The van der Waals surface area contributed by atoms with Crippen LogP contribution in [0.15, 0.2) is 24.3 Å². The number of nitrogens with one attached hydrogen (secondary N) is 1. The van der Waals surface area contributed by atoms with E-state index < -0.39 is 10.0 Å². The maximum atomic E-state index is 12.4. The predicted molar refractivity (Wildman–Crippen MR) is 82.2 cm³/mol. The van der Waals surface area contributed by atoms with Gasteiger partial charge in [-0.2, -0.15) is 4.31 Å². The van der Waals surface area contributed by atoms with E-state index in [1.165, 1.54) is 5.56 Å². The summed E-state index contributed by atoms with van der Waals surface area (Å²) < 4.78 is 26.5. The molecule has 2 rings (SSSR count). The van der Waals surface area contributed by atoms with Crippen LogP contribution in [-0.2, 0) is 16.4 Å². The molecule has 4 nitrogen and oxygen atoms in total. The highest BCUT2D eigenvalue weighted by Crippen LogP contribution is 2.26. The summed E-state index contributed by atoms with van der Waals surface area (Å²) in [5.41, 5.74) is 2.36. The maximum absolute atomic E-state index is 12.4. The van der Waals surface area contributed by atoms with Crippen LogP contribution in [-0.4, -0.2) is 38.1 Å². The lowest BCUT2D eigenvalue weighted by Gasteiger charge is -2.35. The molecule has 1 fully saturated rings. The van der Waals surface area contributed by atoms with Crippen LogP contribution < -0.4 is 5.32 Å². The second-order valence-electron chi connectivity index (χ2n) is 5.24. The molecule has 1 heterocycles. The first-order chi connectivity index (χ1) is 9.58. The predicted octanol–water partition coefficient (Wildman–Crippen LogP) is 1.94. The molecule has 0 aromatic heterocycles. The number of benzene rings is 1. The molecular formula is C15H24N2O2S. The zero-order valence-corrected chi connectivity index (χ0v) is 13.1. The summed E-state index contributed by atoms with van der Waals surface area (Å²) in [4.78, 5) is 0. The highest BCUT2D eigenvalue weighted by Gasteiger charge is 2.32. The van der Waals surface area contributed by atoms with Gasteiger partial charge in [-0.15, -0.1) is 0 Å². The third kappa shape index (κ3) is 3.40. The van der Waals surface area contributed by atoms with Crippen LogP contribution in [0.5, 0.6) is 0 Å². The first-order valence-electron chi connectivity index (χ1n) is 7.37. The summed E-state index contributed by atoms with van der Waals surface area (Å²) in [7, 11) is -3.15. The second kappa shape index (κ2) is 6.70. The van der Waals surface area contributed by atoms with Crippen molar-refractivity contribution < 1.29 is 8.42 Å². The highest BCUT2D eigenvalue weighted by atomic mass is 32.2. The molecule has 1 aliphatic heterocycles. The van der Waals surface area contributed by atoms with Gasteiger partial charge < -0.3 is 5.32 Å². The van der Waals surface area contributed by atoms with Gasteiger partial charge in [0, 0.05) is 19.6 Å². The largest absolute Gasteiger partial charge is 0.313 e. The third-order valence-corrected chi connectivity index (χ3v) is 5.86. The molecule has 1 saturated heterocycles. The van der Waals surface area contributed by atoms with Gasteiger partial charge in [-0.25, -0.2) is 8.42 Å². The summed E-state index contributed by atoms with van der Waals surface area (Å²) >= 11 is 0. The van der Waals surface area contributed by atoms with Gasteiger partial charge >= 0.3 is 0 Å². The van der Waals surface area contributed by atoms with Gasteiger partial charge in [0.1, 0.15) is 0 Å². The van der Waals surface area contributed by atoms with Gasteiger partial charge in [0.2, 0.25) is 10.0 Å². The molecule has 1 unspecified atom stereocenters. The van der Waals surface area contributed by atoms with E-state index in [9.17, 15) is 8.42 Å². The van der Waals surface area contributed by atoms with Gasteiger partial charge in [-0.3, -0.25) is 0 Å². The average Bonchev–Trinajstić information content (AvgIpc) is 2.47. The Labute approximate surface area is 122 Å². The van der Waals surface area contributed by atoms with E-state index in [2.05, 4.69) is 36.5 Å².